The van der Waals surface area contributed by atoms with Crippen LogP contribution in [0.3, 0.4) is 0 Å². The summed E-state index contributed by atoms with van der Waals surface area (Å²) in [5.41, 5.74) is 1.45. The zero-order valence-electron chi connectivity index (χ0n) is 10.6. The Morgan fingerprint density at radius 2 is 2.32 bits per heavy atom. The van der Waals surface area contributed by atoms with Gasteiger partial charge in [0.1, 0.15) is 11.4 Å². The van der Waals surface area contributed by atoms with Gasteiger partial charge in [-0.05, 0) is 41.6 Å². The Labute approximate surface area is 125 Å². The Morgan fingerprint density at radius 3 is 3.05 bits per heavy atom. The van der Waals surface area contributed by atoms with Gasteiger partial charge in [0.15, 0.2) is 0 Å². The molecule has 19 heavy (non-hydrogen) atoms. The number of aliphatic hydroxyl groups is 1. The van der Waals surface area contributed by atoms with E-state index in [-0.39, 0.29) is 0 Å². The van der Waals surface area contributed by atoms with Gasteiger partial charge in [-0.3, -0.25) is 0 Å². The van der Waals surface area contributed by atoms with Gasteiger partial charge in [0.05, 0.1) is 6.61 Å². The Bertz CT molecular complexity index is 590. The van der Waals surface area contributed by atoms with E-state index >= 15 is 0 Å². The maximum atomic E-state index is 10.7. The molecule has 1 N–H and O–H groups in total. The quantitative estimate of drug-likeness (QED) is 0.919. The molecule has 1 aromatic carbocycles. The van der Waals surface area contributed by atoms with Crippen molar-refractivity contribution in [2.75, 3.05) is 6.61 Å². The van der Waals surface area contributed by atoms with Crippen LogP contribution in [-0.4, -0.2) is 11.7 Å². The SMILES string of the molecule is CC(O)(Cc1cc(Br)cc2c1OCC2)c1cccs1. The van der Waals surface area contributed by atoms with Crippen molar-refractivity contribution in [3.05, 3.63) is 50.1 Å². The lowest BCUT2D eigenvalue weighted by atomic mass is 9.93. The number of thiophene rings is 1. The largest absolute Gasteiger partial charge is 0.493 e. The van der Waals surface area contributed by atoms with E-state index in [1.54, 1.807) is 11.3 Å². The van der Waals surface area contributed by atoms with E-state index in [1.165, 1.54) is 5.56 Å². The highest BCUT2D eigenvalue weighted by Gasteiger charge is 2.28. The van der Waals surface area contributed by atoms with E-state index in [0.29, 0.717) is 6.42 Å². The minimum atomic E-state index is -0.852. The molecule has 1 aromatic heterocycles. The van der Waals surface area contributed by atoms with Crippen LogP contribution in [-0.2, 0) is 18.4 Å². The van der Waals surface area contributed by atoms with E-state index in [2.05, 4.69) is 22.0 Å². The van der Waals surface area contributed by atoms with Crippen LogP contribution in [0.5, 0.6) is 5.75 Å². The summed E-state index contributed by atoms with van der Waals surface area (Å²) in [4.78, 5) is 0.985. The minimum absolute atomic E-state index is 0.565. The Hall–Kier alpha value is -0.840. The van der Waals surface area contributed by atoms with Crippen molar-refractivity contribution < 1.29 is 9.84 Å². The van der Waals surface area contributed by atoms with Crippen molar-refractivity contribution in [2.24, 2.45) is 0 Å². The summed E-state index contributed by atoms with van der Waals surface area (Å²) in [6.45, 7) is 2.60. The fourth-order valence-electron chi connectivity index (χ4n) is 2.52. The lowest BCUT2D eigenvalue weighted by Gasteiger charge is -2.23. The van der Waals surface area contributed by atoms with Crippen LogP contribution in [0.15, 0.2) is 34.1 Å². The molecule has 1 unspecified atom stereocenters. The molecule has 0 saturated heterocycles. The zero-order valence-corrected chi connectivity index (χ0v) is 13.1. The van der Waals surface area contributed by atoms with Crippen molar-refractivity contribution in [3.63, 3.8) is 0 Å². The molecule has 2 heterocycles. The number of ether oxygens (including phenoxy) is 1. The molecule has 0 bridgehead atoms. The average molecular weight is 339 g/mol. The van der Waals surface area contributed by atoms with Crippen LogP contribution in [0.1, 0.15) is 22.9 Å². The number of halogens is 1. The van der Waals surface area contributed by atoms with Crippen LogP contribution in [0.25, 0.3) is 0 Å². The van der Waals surface area contributed by atoms with Crippen molar-refractivity contribution in [3.8, 4) is 5.75 Å². The number of hydrogen-bond donors (Lipinski definition) is 1. The van der Waals surface area contributed by atoms with E-state index < -0.39 is 5.60 Å². The normalized spacial score (nSPS) is 16.8. The van der Waals surface area contributed by atoms with Gasteiger partial charge >= 0.3 is 0 Å². The van der Waals surface area contributed by atoms with Gasteiger partial charge in [-0.15, -0.1) is 11.3 Å². The first kappa shape index (κ1) is 13.2. The summed E-state index contributed by atoms with van der Waals surface area (Å²) < 4.78 is 6.77. The van der Waals surface area contributed by atoms with E-state index in [0.717, 1.165) is 33.7 Å². The van der Waals surface area contributed by atoms with Crippen LogP contribution >= 0.6 is 27.3 Å². The van der Waals surface area contributed by atoms with Gasteiger partial charge in [-0.1, -0.05) is 22.0 Å². The van der Waals surface area contributed by atoms with Gasteiger partial charge in [0.2, 0.25) is 0 Å². The fraction of sp³-hybridized carbons (Fsp3) is 0.333. The molecule has 1 aliphatic heterocycles. The number of rotatable bonds is 3. The van der Waals surface area contributed by atoms with Gasteiger partial charge in [-0.25, -0.2) is 0 Å². The van der Waals surface area contributed by atoms with Crippen molar-refractivity contribution in [1.82, 2.24) is 0 Å². The Kier molecular flexibility index (Phi) is 3.41. The van der Waals surface area contributed by atoms with Crippen LogP contribution < -0.4 is 4.74 Å². The summed E-state index contributed by atoms with van der Waals surface area (Å²) >= 11 is 5.12. The maximum Gasteiger partial charge on any atom is 0.126 e. The molecular weight excluding hydrogens is 324 g/mol. The first-order chi connectivity index (χ1) is 9.06. The highest BCUT2D eigenvalue weighted by atomic mass is 79.9. The van der Waals surface area contributed by atoms with Gasteiger partial charge in [0.25, 0.3) is 0 Å². The summed E-state index contributed by atoms with van der Waals surface area (Å²) in [6, 6.07) is 8.10. The monoisotopic (exact) mass is 338 g/mol. The Balaban J connectivity index is 1.96. The van der Waals surface area contributed by atoms with E-state index in [9.17, 15) is 5.11 Å². The van der Waals surface area contributed by atoms with E-state index in [1.807, 2.05) is 30.5 Å². The smallest absolute Gasteiger partial charge is 0.126 e. The molecule has 1 aliphatic rings. The molecule has 1 atom stereocenters. The molecule has 2 nitrogen and oxygen atoms in total. The maximum absolute atomic E-state index is 10.7. The molecule has 0 saturated carbocycles. The second-order valence-electron chi connectivity index (χ2n) is 5.08. The topological polar surface area (TPSA) is 29.5 Å². The molecular formula is C15H15BrO2S. The molecule has 0 amide bonds. The predicted octanol–water partition coefficient (Wildman–Crippen LogP) is 3.90. The number of benzene rings is 1. The standard InChI is InChI=1S/C15H15BrO2S/c1-15(17,13-3-2-6-19-13)9-11-8-12(16)7-10-4-5-18-14(10)11/h2-3,6-8,17H,4-5,9H2,1H3. The van der Waals surface area contributed by atoms with E-state index in [4.69, 9.17) is 4.74 Å². The molecule has 4 heteroatoms. The number of fused-ring (bicyclic) bond motifs is 1. The molecule has 3 rings (SSSR count). The summed E-state index contributed by atoms with van der Waals surface area (Å²) in [7, 11) is 0. The van der Waals surface area contributed by atoms with Gasteiger partial charge in [0, 0.05) is 22.2 Å². The third kappa shape index (κ3) is 2.57. The molecule has 0 fully saturated rings. The minimum Gasteiger partial charge on any atom is -0.493 e. The highest BCUT2D eigenvalue weighted by molar-refractivity contribution is 9.10. The predicted molar refractivity (Wildman–Crippen MR) is 80.9 cm³/mol. The summed E-state index contributed by atoms with van der Waals surface area (Å²) in [6.07, 6.45) is 1.51. The molecule has 0 spiro atoms. The number of hydrogen-bond acceptors (Lipinski definition) is 3. The Morgan fingerprint density at radius 1 is 1.47 bits per heavy atom. The van der Waals surface area contributed by atoms with Crippen LogP contribution in [0.2, 0.25) is 0 Å². The molecule has 0 aliphatic carbocycles. The first-order valence-corrected chi connectivity index (χ1v) is 7.94. The highest BCUT2D eigenvalue weighted by Crippen LogP contribution is 2.37. The van der Waals surface area contributed by atoms with Crippen molar-refractivity contribution in [2.45, 2.75) is 25.4 Å². The van der Waals surface area contributed by atoms with Gasteiger partial charge < -0.3 is 9.84 Å². The van der Waals surface area contributed by atoms with Crippen molar-refractivity contribution >= 4 is 27.3 Å². The molecule has 100 valence electrons. The zero-order chi connectivity index (χ0) is 13.5. The summed E-state index contributed by atoms with van der Waals surface area (Å²) in [5.74, 6) is 0.958. The van der Waals surface area contributed by atoms with Crippen LogP contribution in [0.4, 0.5) is 0 Å². The van der Waals surface area contributed by atoms with Gasteiger partial charge in [-0.2, -0.15) is 0 Å². The second kappa shape index (κ2) is 4.93. The third-order valence-corrected chi connectivity index (χ3v) is 4.99. The molecule has 0 radical (unpaired) electrons. The summed E-state index contributed by atoms with van der Waals surface area (Å²) in [5, 5.41) is 12.7. The third-order valence-electron chi connectivity index (χ3n) is 3.41. The second-order valence-corrected chi connectivity index (χ2v) is 6.94. The first-order valence-electron chi connectivity index (χ1n) is 6.27. The lowest BCUT2D eigenvalue weighted by molar-refractivity contribution is 0.0608. The fourth-order valence-corrected chi connectivity index (χ4v) is 3.86. The van der Waals surface area contributed by atoms with Crippen molar-refractivity contribution in [1.29, 1.82) is 0 Å². The molecule has 2 aromatic rings. The average Bonchev–Trinajstić information content (AvgIpc) is 2.98. The van der Waals surface area contributed by atoms with Crippen LogP contribution in [0, 0.1) is 0 Å². The lowest BCUT2D eigenvalue weighted by Crippen LogP contribution is -2.23.